The molecule has 0 radical (unpaired) electrons. The van der Waals surface area contributed by atoms with Crippen molar-refractivity contribution in [2.45, 2.75) is 74.6 Å². The van der Waals surface area contributed by atoms with Gasteiger partial charge in [0, 0.05) is 35.8 Å². The van der Waals surface area contributed by atoms with Gasteiger partial charge < -0.3 is 29.6 Å². The molecular formula is C34H42F3N5O4S. The number of sulfonamides is 1. The Morgan fingerprint density at radius 2 is 1.83 bits per heavy atom. The number of ether oxygens (including phenoxy) is 2. The van der Waals surface area contributed by atoms with Crippen LogP contribution >= 0.6 is 0 Å². The lowest BCUT2D eigenvalue weighted by atomic mass is 9.77. The van der Waals surface area contributed by atoms with E-state index < -0.39 is 22.7 Å². The second kappa shape index (κ2) is 13.6. The van der Waals surface area contributed by atoms with Crippen molar-refractivity contribution in [2.75, 3.05) is 50.6 Å². The van der Waals surface area contributed by atoms with Crippen LogP contribution in [0.4, 0.5) is 24.5 Å². The molecule has 1 aliphatic carbocycles. The third kappa shape index (κ3) is 7.83. The molecule has 1 spiro atoms. The van der Waals surface area contributed by atoms with E-state index in [0.717, 1.165) is 57.7 Å². The Labute approximate surface area is 274 Å². The fraction of sp³-hybridized carbons (Fsp3) is 0.529. The Kier molecular flexibility index (Phi) is 9.67. The van der Waals surface area contributed by atoms with Crippen molar-refractivity contribution < 1.29 is 31.1 Å². The Hall–Kier alpha value is -3.44. The molecule has 0 bridgehead atoms. The maximum absolute atomic E-state index is 13.7. The number of benzene rings is 2. The van der Waals surface area contributed by atoms with E-state index >= 15 is 0 Å². The standard InChI is InChI=1S/C34H42F3N5O4S/c1-45-32-21-27(47(38,43)44)11-12-30(32)39-16-3-4-26-20-28-29(5-2-6-31(28)42(26)22-34(35,36)37)40-24-7-9-25(10-8-24)41-17-13-33(14-18-41)15-19-46-23-33/h2,5-6,11-12,20-21,24-25,39-40H,7-10,13-19,22-23H2,1H3,(H2,38,43,44). The fourth-order valence-corrected chi connectivity index (χ4v) is 7.87. The second-order valence-electron chi connectivity index (χ2n) is 13.0. The zero-order valence-electron chi connectivity index (χ0n) is 26.5. The lowest BCUT2D eigenvalue weighted by Gasteiger charge is -2.44. The maximum atomic E-state index is 13.7. The minimum absolute atomic E-state index is 0.0821. The van der Waals surface area contributed by atoms with E-state index in [-0.39, 0.29) is 28.9 Å². The minimum atomic E-state index is -4.43. The van der Waals surface area contributed by atoms with Crippen molar-refractivity contribution in [3.05, 3.63) is 48.2 Å². The topological polar surface area (TPSA) is 111 Å². The van der Waals surface area contributed by atoms with E-state index in [9.17, 15) is 21.6 Å². The number of anilines is 2. The first-order valence-electron chi connectivity index (χ1n) is 16.1. The summed E-state index contributed by atoms with van der Waals surface area (Å²) in [6.45, 7) is 3.00. The number of hydrogen-bond donors (Lipinski definition) is 3. The number of piperidine rings is 1. The summed E-state index contributed by atoms with van der Waals surface area (Å²) < 4.78 is 76.7. The van der Waals surface area contributed by atoms with Gasteiger partial charge in [-0.2, -0.15) is 13.2 Å². The van der Waals surface area contributed by atoms with Crippen molar-refractivity contribution in [1.29, 1.82) is 0 Å². The molecule has 2 saturated heterocycles. The van der Waals surface area contributed by atoms with Gasteiger partial charge >= 0.3 is 6.18 Å². The lowest BCUT2D eigenvalue weighted by Crippen LogP contribution is -2.47. The van der Waals surface area contributed by atoms with Gasteiger partial charge in [0.15, 0.2) is 0 Å². The normalized spacial score (nSPS) is 21.8. The Bertz CT molecular complexity index is 1740. The largest absolute Gasteiger partial charge is 0.495 e. The summed E-state index contributed by atoms with van der Waals surface area (Å²) in [6, 6.07) is 12.1. The van der Waals surface area contributed by atoms with Gasteiger partial charge in [-0.05, 0) is 99.7 Å². The van der Waals surface area contributed by atoms with E-state index in [4.69, 9.17) is 14.6 Å². The van der Waals surface area contributed by atoms with Crippen LogP contribution in [0, 0.1) is 17.3 Å². The number of rotatable bonds is 8. The molecule has 2 aromatic carbocycles. The highest BCUT2D eigenvalue weighted by Gasteiger charge is 2.40. The van der Waals surface area contributed by atoms with Crippen LogP contribution in [0.5, 0.6) is 5.75 Å². The molecule has 3 heterocycles. The maximum Gasteiger partial charge on any atom is 0.406 e. The number of likely N-dealkylation sites (tertiary alicyclic amines) is 1. The van der Waals surface area contributed by atoms with Gasteiger partial charge in [0.25, 0.3) is 0 Å². The van der Waals surface area contributed by atoms with Crippen molar-refractivity contribution in [1.82, 2.24) is 9.47 Å². The van der Waals surface area contributed by atoms with Crippen molar-refractivity contribution in [3.8, 4) is 17.6 Å². The summed E-state index contributed by atoms with van der Waals surface area (Å²) in [6.07, 6.45) is 3.41. The molecule has 0 atom stereocenters. The average Bonchev–Trinajstić information content (AvgIpc) is 3.63. The van der Waals surface area contributed by atoms with Gasteiger partial charge in [0.1, 0.15) is 12.3 Å². The Balaban J connectivity index is 1.13. The molecule has 1 saturated carbocycles. The van der Waals surface area contributed by atoms with Crippen molar-refractivity contribution >= 4 is 32.3 Å². The van der Waals surface area contributed by atoms with Gasteiger partial charge in [-0.25, -0.2) is 13.6 Å². The molecule has 6 rings (SSSR count). The molecule has 4 N–H and O–H groups in total. The highest BCUT2D eigenvalue weighted by atomic mass is 32.2. The van der Waals surface area contributed by atoms with E-state index in [1.54, 1.807) is 18.2 Å². The third-order valence-electron chi connectivity index (χ3n) is 9.98. The number of nitrogens with zero attached hydrogens (tertiary/aromatic N) is 2. The highest BCUT2D eigenvalue weighted by molar-refractivity contribution is 7.89. The van der Waals surface area contributed by atoms with Crippen LogP contribution in [0.2, 0.25) is 0 Å². The number of nitrogens with two attached hydrogens (primary N) is 1. The van der Waals surface area contributed by atoms with Crippen LogP contribution in [0.25, 0.3) is 10.9 Å². The summed E-state index contributed by atoms with van der Waals surface area (Å²) in [5.74, 6) is 6.07. The van der Waals surface area contributed by atoms with Gasteiger partial charge in [-0.15, -0.1) is 0 Å². The number of alkyl halides is 3. The summed E-state index contributed by atoms with van der Waals surface area (Å²) in [5.41, 5.74) is 2.40. The molecule has 0 unspecified atom stereocenters. The summed E-state index contributed by atoms with van der Waals surface area (Å²) in [4.78, 5) is 2.56. The van der Waals surface area contributed by atoms with Crippen LogP contribution in [-0.4, -0.2) is 76.1 Å². The quantitative estimate of drug-likeness (QED) is 0.269. The Morgan fingerprint density at radius 3 is 2.49 bits per heavy atom. The van der Waals surface area contributed by atoms with E-state index in [1.807, 2.05) is 6.07 Å². The molecule has 3 fully saturated rings. The number of hydrogen-bond acceptors (Lipinski definition) is 7. The highest BCUT2D eigenvalue weighted by Crippen LogP contribution is 2.41. The van der Waals surface area contributed by atoms with Crippen LogP contribution in [0.15, 0.2) is 47.4 Å². The molecule has 254 valence electrons. The average molecular weight is 674 g/mol. The minimum Gasteiger partial charge on any atom is -0.495 e. The summed E-state index contributed by atoms with van der Waals surface area (Å²) in [5, 5.41) is 12.6. The van der Waals surface area contributed by atoms with Crippen molar-refractivity contribution in [2.24, 2.45) is 10.6 Å². The molecule has 3 aromatic rings. The SMILES string of the molecule is COc1cc(S(N)(=O)=O)ccc1NCC#Cc1cc2c(NC3CCC(N4CCC5(CCOC5)CC4)CC3)cccc2n1CC(F)(F)F. The van der Waals surface area contributed by atoms with Gasteiger partial charge in [0.2, 0.25) is 10.0 Å². The first-order chi connectivity index (χ1) is 22.4. The molecule has 0 amide bonds. The fourth-order valence-electron chi connectivity index (χ4n) is 7.34. The molecule has 3 aliphatic rings. The molecular weight excluding hydrogens is 631 g/mol. The molecule has 13 heteroatoms. The number of halogens is 3. The zero-order valence-corrected chi connectivity index (χ0v) is 27.4. The molecule has 47 heavy (non-hydrogen) atoms. The zero-order chi connectivity index (χ0) is 33.2. The number of primary sulfonamides is 1. The molecule has 2 aliphatic heterocycles. The number of aromatic nitrogens is 1. The predicted octanol–water partition coefficient (Wildman–Crippen LogP) is 5.55. The van der Waals surface area contributed by atoms with Crippen LogP contribution in [0.1, 0.15) is 50.6 Å². The number of methoxy groups -OCH3 is 1. The smallest absolute Gasteiger partial charge is 0.406 e. The van der Waals surface area contributed by atoms with Crippen LogP contribution in [0.3, 0.4) is 0 Å². The third-order valence-corrected chi connectivity index (χ3v) is 10.9. The second-order valence-corrected chi connectivity index (χ2v) is 14.6. The van der Waals surface area contributed by atoms with Gasteiger partial charge in [-0.3, -0.25) is 0 Å². The van der Waals surface area contributed by atoms with Crippen LogP contribution < -0.4 is 20.5 Å². The number of nitrogens with one attached hydrogen (secondary N) is 2. The van der Waals surface area contributed by atoms with Crippen molar-refractivity contribution in [3.63, 3.8) is 0 Å². The van der Waals surface area contributed by atoms with Gasteiger partial charge in [0.05, 0.1) is 42.1 Å². The summed E-state index contributed by atoms with van der Waals surface area (Å²) in [7, 11) is -2.52. The lowest BCUT2D eigenvalue weighted by molar-refractivity contribution is -0.140. The molecule has 9 nitrogen and oxygen atoms in total. The first kappa shape index (κ1) is 33.5. The van der Waals surface area contributed by atoms with E-state index in [2.05, 4.69) is 27.4 Å². The van der Waals surface area contributed by atoms with Crippen LogP contribution in [-0.2, 0) is 21.3 Å². The van der Waals surface area contributed by atoms with Gasteiger partial charge in [-0.1, -0.05) is 12.0 Å². The predicted molar refractivity (Wildman–Crippen MR) is 176 cm³/mol. The monoisotopic (exact) mass is 673 g/mol. The number of fused-ring (bicyclic) bond motifs is 1. The Morgan fingerprint density at radius 1 is 1.06 bits per heavy atom. The van der Waals surface area contributed by atoms with E-state index in [1.165, 1.54) is 49.1 Å². The molecule has 1 aromatic heterocycles. The van der Waals surface area contributed by atoms with E-state index in [0.29, 0.717) is 28.0 Å². The first-order valence-corrected chi connectivity index (χ1v) is 17.7. The summed E-state index contributed by atoms with van der Waals surface area (Å²) >= 11 is 0.